The van der Waals surface area contributed by atoms with Crippen LogP contribution in [0.5, 0.6) is 0 Å². The predicted molar refractivity (Wildman–Crippen MR) is 56.2 cm³/mol. The fraction of sp³-hybridized carbons (Fsp3) is 0.800. The molecule has 0 heterocycles. The lowest BCUT2D eigenvalue weighted by atomic mass is 10.0. The lowest BCUT2D eigenvalue weighted by Gasteiger charge is -2.05. The Bertz CT molecular complexity index is 116. The molecule has 0 aromatic heterocycles. The standard InChI is InChI=1S/C10H19Br/c1-4-9(2)5-6-10(3)7-8-11/h5,10H,4,6-8H2,1-3H3/b9-5+. The fourth-order valence-corrected chi connectivity index (χ4v) is 1.63. The molecule has 1 heteroatoms. The number of rotatable bonds is 5. The van der Waals surface area contributed by atoms with Gasteiger partial charge in [0.15, 0.2) is 0 Å². The van der Waals surface area contributed by atoms with E-state index in [0.717, 1.165) is 11.2 Å². The first-order valence-corrected chi connectivity index (χ1v) is 5.54. The summed E-state index contributed by atoms with van der Waals surface area (Å²) in [6.07, 6.45) is 6.09. The molecule has 0 amide bonds. The summed E-state index contributed by atoms with van der Waals surface area (Å²) < 4.78 is 0. The minimum atomic E-state index is 0.830. The van der Waals surface area contributed by atoms with E-state index in [0.29, 0.717) is 0 Å². The molecule has 0 bridgehead atoms. The molecular formula is C10H19Br. The van der Waals surface area contributed by atoms with Crippen LogP contribution < -0.4 is 0 Å². The van der Waals surface area contributed by atoms with Gasteiger partial charge in [-0.2, -0.15) is 0 Å². The highest BCUT2D eigenvalue weighted by Gasteiger charge is 1.97. The molecule has 0 aromatic carbocycles. The van der Waals surface area contributed by atoms with Crippen molar-refractivity contribution >= 4 is 15.9 Å². The molecule has 66 valence electrons. The normalized spacial score (nSPS) is 15.1. The zero-order chi connectivity index (χ0) is 8.69. The molecule has 0 rings (SSSR count). The molecule has 0 fully saturated rings. The van der Waals surface area contributed by atoms with Gasteiger partial charge < -0.3 is 0 Å². The molecule has 11 heavy (non-hydrogen) atoms. The zero-order valence-electron chi connectivity index (χ0n) is 7.86. The Balaban J connectivity index is 3.50. The second-order valence-corrected chi connectivity index (χ2v) is 4.02. The average molecular weight is 219 g/mol. The summed E-state index contributed by atoms with van der Waals surface area (Å²) in [5.74, 6) is 0.830. The summed E-state index contributed by atoms with van der Waals surface area (Å²) in [6, 6.07) is 0. The van der Waals surface area contributed by atoms with Crippen molar-refractivity contribution in [3.05, 3.63) is 11.6 Å². The summed E-state index contributed by atoms with van der Waals surface area (Å²) in [5, 5.41) is 1.13. The number of hydrogen-bond acceptors (Lipinski definition) is 0. The topological polar surface area (TPSA) is 0 Å². The van der Waals surface area contributed by atoms with Gasteiger partial charge in [-0.25, -0.2) is 0 Å². The van der Waals surface area contributed by atoms with Gasteiger partial charge in [-0.3, -0.25) is 0 Å². The Hall–Kier alpha value is 0.220. The van der Waals surface area contributed by atoms with E-state index in [1.54, 1.807) is 0 Å². The van der Waals surface area contributed by atoms with Gasteiger partial charge in [-0.1, -0.05) is 41.4 Å². The molecule has 1 atom stereocenters. The van der Waals surface area contributed by atoms with Crippen LogP contribution in [0.3, 0.4) is 0 Å². The predicted octanol–water partition coefficient (Wildman–Crippen LogP) is 4.15. The Labute approximate surface area is 79.2 Å². The highest BCUT2D eigenvalue weighted by molar-refractivity contribution is 9.09. The molecular weight excluding hydrogens is 200 g/mol. The van der Waals surface area contributed by atoms with E-state index in [-0.39, 0.29) is 0 Å². The van der Waals surface area contributed by atoms with Crippen LogP contribution in [-0.4, -0.2) is 5.33 Å². The highest BCUT2D eigenvalue weighted by atomic mass is 79.9. The molecule has 0 spiro atoms. The van der Waals surface area contributed by atoms with Gasteiger partial charge in [-0.15, -0.1) is 0 Å². The first-order valence-electron chi connectivity index (χ1n) is 4.42. The van der Waals surface area contributed by atoms with E-state index >= 15 is 0 Å². The summed E-state index contributed by atoms with van der Waals surface area (Å²) >= 11 is 3.45. The zero-order valence-corrected chi connectivity index (χ0v) is 9.45. The van der Waals surface area contributed by atoms with Gasteiger partial charge in [0.1, 0.15) is 0 Å². The SMILES string of the molecule is CC/C(C)=C/CC(C)CCBr. The van der Waals surface area contributed by atoms with Crippen molar-refractivity contribution in [2.75, 3.05) is 5.33 Å². The summed E-state index contributed by atoms with van der Waals surface area (Å²) in [5.41, 5.74) is 1.52. The summed E-state index contributed by atoms with van der Waals surface area (Å²) in [6.45, 7) is 6.72. The van der Waals surface area contributed by atoms with Crippen molar-refractivity contribution < 1.29 is 0 Å². The minimum Gasteiger partial charge on any atom is -0.0928 e. The summed E-state index contributed by atoms with van der Waals surface area (Å²) in [7, 11) is 0. The highest BCUT2D eigenvalue weighted by Crippen LogP contribution is 2.12. The van der Waals surface area contributed by atoms with Crippen LogP contribution in [0.4, 0.5) is 0 Å². The number of alkyl halides is 1. The van der Waals surface area contributed by atoms with Crippen LogP contribution in [0, 0.1) is 5.92 Å². The third-order valence-electron chi connectivity index (χ3n) is 2.03. The number of hydrogen-bond donors (Lipinski definition) is 0. The van der Waals surface area contributed by atoms with Gasteiger partial charge >= 0.3 is 0 Å². The van der Waals surface area contributed by atoms with Gasteiger partial charge in [0.2, 0.25) is 0 Å². The van der Waals surface area contributed by atoms with Crippen LogP contribution in [0.25, 0.3) is 0 Å². The van der Waals surface area contributed by atoms with Gasteiger partial charge in [0.25, 0.3) is 0 Å². The van der Waals surface area contributed by atoms with Crippen LogP contribution >= 0.6 is 15.9 Å². The third-order valence-corrected chi connectivity index (χ3v) is 2.49. The monoisotopic (exact) mass is 218 g/mol. The smallest absolute Gasteiger partial charge is 0.00339 e. The third kappa shape index (κ3) is 6.61. The van der Waals surface area contributed by atoms with E-state index in [9.17, 15) is 0 Å². The molecule has 0 radical (unpaired) electrons. The van der Waals surface area contributed by atoms with Crippen molar-refractivity contribution in [2.24, 2.45) is 5.92 Å². The van der Waals surface area contributed by atoms with Crippen LogP contribution in [0.15, 0.2) is 11.6 Å². The average Bonchev–Trinajstić information content (AvgIpc) is 2.01. The van der Waals surface area contributed by atoms with Gasteiger partial charge in [0.05, 0.1) is 0 Å². The molecule has 0 saturated heterocycles. The Morgan fingerprint density at radius 2 is 2.18 bits per heavy atom. The lowest BCUT2D eigenvalue weighted by molar-refractivity contribution is 0.576. The number of allylic oxidation sites excluding steroid dienone is 2. The minimum absolute atomic E-state index is 0.830. The van der Waals surface area contributed by atoms with Crippen molar-refractivity contribution in [1.29, 1.82) is 0 Å². The molecule has 1 unspecified atom stereocenters. The van der Waals surface area contributed by atoms with Crippen LogP contribution in [0.2, 0.25) is 0 Å². The molecule has 0 aliphatic carbocycles. The Kier molecular flexibility index (Phi) is 7.04. The van der Waals surface area contributed by atoms with Crippen molar-refractivity contribution in [3.63, 3.8) is 0 Å². The second kappa shape index (κ2) is 6.90. The lowest BCUT2D eigenvalue weighted by Crippen LogP contribution is -1.93. The maximum Gasteiger partial charge on any atom is 0.00339 e. The van der Waals surface area contributed by atoms with E-state index < -0.39 is 0 Å². The van der Waals surface area contributed by atoms with Crippen LogP contribution in [0.1, 0.15) is 40.0 Å². The van der Waals surface area contributed by atoms with E-state index in [4.69, 9.17) is 0 Å². The molecule has 0 saturated carbocycles. The Morgan fingerprint density at radius 1 is 1.55 bits per heavy atom. The van der Waals surface area contributed by atoms with E-state index in [1.165, 1.54) is 24.8 Å². The maximum absolute atomic E-state index is 3.45. The molecule has 0 aliphatic heterocycles. The van der Waals surface area contributed by atoms with E-state index in [1.807, 2.05) is 0 Å². The quantitative estimate of drug-likeness (QED) is 0.481. The van der Waals surface area contributed by atoms with Crippen molar-refractivity contribution in [2.45, 2.75) is 40.0 Å². The van der Waals surface area contributed by atoms with Crippen LogP contribution in [-0.2, 0) is 0 Å². The van der Waals surface area contributed by atoms with Gasteiger partial charge in [0, 0.05) is 5.33 Å². The largest absolute Gasteiger partial charge is 0.0928 e. The maximum atomic E-state index is 3.45. The fourth-order valence-electron chi connectivity index (χ4n) is 0.851. The van der Waals surface area contributed by atoms with Crippen molar-refractivity contribution in [1.82, 2.24) is 0 Å². The number of halogens is 1. The molecule has 0 nitrogen and oxygen atoms in total. The Morgan fingerprint density at radius 3 is 2.64 bits per heavy atom. The summed E-state index contributed by atoms with van der Waals surface area (Å²) in [4.78, 5) is 0. The molecule has 0 aromatic rings. The van der Waals surface area contributed by atoms with Gasteiger partial charge in [-0.05, 0) is 32.1 Å². The van der Waals surface area contributed by atoms with E-state index in [2.05, 4.69) is 42.8 Å². The first kappa shape index (κ1) is 11.2. The van der Waals surface area contributed by atoms with Crippen molar-refractivity contribution in [3.8, 4) is 0 Å². The molecule has 0 N–H and O–H groups in total. The first-order chi connectivity index (χ1) is 5.20. The second-order valence-electron chi connectivity index (χ2n) is 3.22. The molecule has 0 aliphatic rings.